The van der Waals surface area contributed by atoms with E-state index in [4.69, 9.17) is 15.3 Å². The lowest BCUT2D eigenvalue weighted by Gasteiger charge is -2.08. The molecule has 4 rings (SSSR count). The SMILES string of the molecule is N#Cc1ccc(-c2ccc(CCCCCCCC(=O)Oc3ccc(-c4ccc(C#N)cc4)c(F)c3)cc2F)cc1. The van der Waals surface area contributed by atoms with Gasteiger partial charge in [-0.3, -0.25) is 4.79 Å². The molecule has 0 aliphatic rings. The molecule has 4 aromatic rings. The van der Waals surface area contributed by atoms with Crippen molar-refractivity contribution in [3.05, 3.63) is 113 Å². The van der Waals surface area contributed by atoms with Crippen LogP contribution in [0.5, 0.6) is 5.75 Å². The van der Waals surface area contributed by atoms with Crippen LogP contribution in [0.3, 0.4) is 0 Å². The zero-order chi connectivity index (χ0) is 28.3. The van der Waals surface area contributed by atoms with Crippen molar-refractivity contribution in [3.63, 3.8) is 0 Å². The zero-order valence-electron chi connectivity index (χ0n) is 22.0. The molecule has 0 saturated carbocycles. The van der Waals surface area contributed by atoms with Crippen molar-refractivity contribution in [2.24, 2.45) is 0 Å². The van der Waals surface area contributed by atoms with Crippen molar-refractivity contribution in [3.8, 4) is 40.1 Å². The molecule has 0 unspecified atom stereocenters. The van der Waals surface area contributed by atoms with Crippen LogP contribution < -0.4 is 4.74 Å². The number of unbranched alkanes of at least 4 members (excludes halogenated alkanes) is 4. The van der Waals surface area contributed by atoms with Crippen LogP contribution in [0, 0.1) is 34.3 Å². The van der Waals surface area contributed by atoms with Gasteiger partial charge in [-0.1, -0.05) is 55.7 Å². The summed E-state index contributed by atoms with van der Waals surface area (Å²) in [5, 5.41) is 17.8. The van der Waals surface area contributed by atoms with Crippen molar-refractivity contribution < 1.29 is 18.3 Å². The largest absolute Gasteiger partial charge is 0.426 e. The second kappa shape index (κ2) is 13.8. The standard InChI is InChI=1S/C34H28F2N2O2/c35-32-20-24(12-18-30(32)27-13-8-25(22-37)9-14-27)6-4-2-1-3-5-7-34(39)40-29-17-19-31(33(36)21-29)28-15-10-26(23-38)11-16-28/h8-21H,1-7H2. The highest BCUT2D eigenvalue weighted by Gasteiger charge is 2.11. The number of aryl methyl sites for hydroxylation is 1. The molecule has 0 atom stereocenters. The normalized spacial score (nSPS) is 10.5. The minimum atomic E-state index is -0.501. The molecular weight excluding hydrogens is 506 g/mol. The number of esters is 1. The fourth-order valence-electron chi connectivity index (χ4n) is 4.50. The molecule has 0 aromatic heterocycles. The van der Waals surface area contributed by atoms with Gasteiger partial charge in [0.05, 0.1) is 23.3 Å². The Bertz CT molecular complexity index is 1550. The van der Waals surface area contributed by atoms with Crippen LogP contribution in [-0.4, -0.2) is 5.97 Å². The highest BCUT2D eigenvalue weighted by atomic mass is 19.1. The molecule has 40 heavy (non-hydrogen) atoms. The predicted octanol–water partition coefficient (Wildman–Crippen LogP) is 8.53. The zero-order valence-corrected chi connectivity index (χ0v) is 22.0. The first-order valence-corrected chi connectivity index (χ1v) is 13.3. The van der Waals surface area contributed by atoms with E-state index in [1.807, 2.05) is 12.1 Å². The Kier molecular flexibility index (Phi) is 9.75. The number of hydrogen-bond acceptors (Lipinski definition) is 4. The molecule has 0 aliphatic heterocycles. The van der Waals surface area contributed by atoms with Crippen molar-refractivity contribution in [2.45, 2.75) is 44.9 Å². The van der Waals surface area contributed by atoms with E-state index in [2.05, 4.69) is 6.07 Å². The van der Waals surface area contributed by atoms with Crippen LogP contribution in [-0.2, 0) is 11.2 Å². The van der Waals surface area contributed by atoms with E-state index < -0.39 is 11.8 Å². The number of hydrogen-bond donors (Lipinski definition) is 0. The monoisotopic (exact) mass is 534 g/mol. The lowest BCUT2D eigenvalue weighted by atomic mass is 9.99. The molecule has 4 nitrogen and oxygen atoms in total. The lowest BCUT2D eigenvalue weighted by Crippen LogP contribution is -2.07. The van der Waals surface area contributed by atoms with E-state index in [-0.39, 0.29) is 18.0 Å². The molecule has 0 bridgehead atoms. The minimum absolute atomic E-state index is 0.164. The molecule has 0 radical (unpaired) electrons. The Hall–Kier alpha value is -4.81. The Morgan fingerprint density at radius 1 is 0.650 bits per heavy atom. The topological polar surface area (TPSA) is 73.9 Å². The summed E-state index contributed by atoms with van der Waals surface area (Å²) in [7, 11) is 0. The van der Waals surface area contributed by atoms with Crippen molar-refractivity contribution in [1.82, 2.24) is 0 Å². The first-order chi connectivity index (χ1) is 19.5. The Labute approximate surface area is 233 Å². The molecule has 0 saturated heterocycles. The van der Waals surface area contributed by atoms with Gasteiger partial charge in [-0.2, -0.15) is 10.5 Å². The second-order valence-corrected chi connectivity index (χ2v) is 9.58. The fraction of sp³-hybridized carbons (Fsp3) is 0.206. The maximum Gasteiger partial charge on any atom is 0.311 e. The Balaban J connectivity index is 1.14. The summed E-state index contributed by atoms with van der Waals surface area (Å²) in [4.78, 5) is 12.2. The van der Waals surface area contributed by atoms with E-state index >= 15 is 0 Å². The van der Waals surface area contributed by atoms with Crippen LogP contribution in [0.4, 0.5) is 8.78 Å². The number of ether oxygens (including phenoxy) is 1. The molecule has 0 N–H and O–H groups in total. The molecule has 0 heterocycles. The number of nitriles is 2. The summed E-state index contributed by atoms with van der Waals surface area (Å²) in [6.07, 6.45) is 5.41. The van der Waals surface area contributed by atoms with Gasteiger partial charge in [0.2, 0.25) is 0 Å². The molecular formula is C34H28F2N2O2. The van der Waals surface area contributed by atoms with Crippen LogP contribution in [0.15, 0.2) is 84.9 Å². The van der Waals surface area contributed by atoms with Gasteiger partial charge in [-0.25, -0.2) is 8.78 Å². The third-order valence-corrected chi connectivity index (χ3v) is 6.70. The van der Waals surface area contributed by atoms with E-state index in [0.29, 0.717) is 34.2 Å². The van der Waals surface area contributed by atoms with Gasteiger partial charge in [-0.15, -0.1) is 0 Å². The summed E-state index contributed by atoms with van der Waals surface area (Å²) in [6, 6.07) is 27.2. The molecule has 0 amide bonds. The molecule has 200 valence electrons. The predicted molar refractivity (Wildman–Crippen MR) is 150 cm³/mol. The van der Waals surface area contributed by atoms with E-state index in [9.17, 15) is 13.6 Å². The van der Waals surface area contributed by atoms with Gasteiger partial charge in [0.1, 0.15) is 17.4 Å². The average molecular weight is 535 g/mol. The maximum absolute atomic E-state index is 14.6. The number of carbonyl (C=O) groups excluding carboxylic acids is 1. The first-order valence-electron chi connectivity index (χ1n) is 13.3. The summed E-state index contributed by atoms with van der Waals surface area (Å²) >= 11 is 0. The van der Waals surface area contributed by atoms with Gasteiger partial charge in [0, 0.05) is 23.6 Å². The first kappa shape index (κ1) is 28.2. The van der Waals surface area contributed by atoms with E-state index in [0.717, 1.165) is 43.2 Å². The number of rotatable bonds is 11. The van der Waals surface area contributed by atoms with Crippen molar-refractivity contribution in [1.29, 1.82) is 10.5 Å². The van der Waals surface area contributed by atoms with Gasteiger partial charge in [0.25, 0.3) is 0 Å². The van der Waals surface area contributed by atoms with Crippen LogP contribution in [0.1, 0.15) is 55.2 Å². The van der Waals surface area contributed by atoms with Gasteiger partial charge < -0.3 is 4.74 Å². The third-order valence-electron chi connectivity index (χ3n) is 6.70. The van der Waals surface area contributed by atoms with E-state index in [1.165, 1.54) is 6.07 Å². The fourth-order valence-corrected chi connectivity index (χ4v) is 4.50. The number of carbonyl (C=O) groups is 1. The summed E-state index contributed by atoms with van der Waals surface area (Å²) in [5.74, 6) is -1.01. The lowest BCUT2D eigenvalue weighted by molar-refractivity contribution is -0.134. The van der Waals surface area contributed by atoms with E-state index in [1.54, 1.807) is 72.8 Å². The van der Waals surface area contributed by atoms with Crippen LogP contribution >= 0.6 is 0 Å². The molecule has 6 heteroatoms. The maximum atomic E-state index is 14.6. The smallest absolute Gasteiger partial charge is 0.311 e. The van der Waals surface area contributed by atoms with Gasteiger partial charge >= 0.3 is 5.97 Å². The minimum Gasteiger partial charge on any atom is -0.426 e. The molecule has 4 aromatic carbocycles. The Morgan fingerprint density at radius 3 is 1.73 bits per heavy atom. The molecule has 0 spiro atoms. The van der Waals surface area contributed by atoms with Crippen molar-refractivity contribution in [2.75, 3.05) is 0 Å². The molecule has 0 aliphatic carbocycles. The third kappa shape index (κ3) is 7.62. The van der Waals surface area contributed by atoms with Crippen molar-refractivity contribution >= 4 is 5.97 Å². The number of benzene rings is 4. The van der Waals surface area contributed by atoms with Gasteiger partial charge in [0.15, 0.2) is 0 Å². The number of nitrogens with zero attached hydrogens (tertiary/aromatic N) is 2. The average Bonchev–Trinajstić information content (AvgIpc) is 2.97. The summed E-state index contributed by atoms with van der Waals surface area (Å²) in [6.45, 7) is 0. The van der Waals surface area contributed by atoms with Crippen LogP contribution in [0.2, 0.25) is 0 Å². The van der Waals surface area contributed by atoms with Crippen LogP contribution in [0.25, 0.3) is 22.3 Å². The van der Waals surface area contributed by atoms with Gasteiger partial charge in [-0.05, 0) is 78.4 Å². The summed E-state index contributed by atoms with van der Waals surface area (Å²) < 4.78 is 34.5. The summed E-state index contributed by atoms with van der Waals surface area (Å²) in [5.41, 5.74) is 4.25. The highest BCUT2D eigenvalue weighted by Crippen LogP contribution is 2.27. The highest BCUT2D eigenvalue weighted by molar-refractivity contribution is 5.73. The number of halogens is 2. The quantitative estimate of drug-likeness (QED) is 0.110. The molecule has 0 fully saturated rings. The second-order valence-electron chi connectivity index (χ2n) is 9.58. The Morgan fingerprint density at radius 2 is 1.18 bits per heavy atom.